The van der Waals surface area contributed by atoms with Crippen LogP contribution in [0.25, 0.3) is 32.2 Å². The molecule has 2 aromatic heterocycles. The van der Waals surface area contributed by atoms with Gasteiger partial charge in [0.15, 0.2) is 10.9 Å². The van der Waals surface area contributed by atoms with Crippen LogP contribution >= 0.6 is 22.9 Å². The largest absolute Gasteiger partial charge is 0.467 e. The van der Waals surface area contributed by atoms with Gasteiger partial charge in [0.05, 0.1) is 27.9 Å². The third kappa shape index (κ3) is 4.31. The number of halogens is 3. The first-order valence-corrected chi connectivity index (χ1v) is 13.8. The normalized spacial score (nSPS) is 18.4. The number of benzene rings is 2. The van der Waals surface area contributed by atoms with Crippen molar-refractivity contribution in [1.29, 1.82) is 0 Å². The van der Waals surface area contributed by atoms with Crippen LogP contribution in [-0.2, 0) is 0 Å². The Hall–Kier alpha value is -2.86. The summed E-state index contributed by atoms with van der Waals surface area (Å²) in [6.07, 6.45) is 3.92. The summed E-state index contributed by atoms with van der Waals surface area (Å²) in [5, 5.41) is 4.28. The first-order valence-electron chi connectivity index (χ1n) is 12.6. The second kappa shape index (κ2) is 9.71. The van der Waals surface area contributed by atoms with Crippen LogP contribution in [0.15, 0.2) is 18.2 Å². The summed E-state index contributed by atoms with van der Waals surface area (Å²) in [4.78, 5) is 17.4. The quantitative estimate of drug-likeness (QED) is 0.373. The first-order chi connectivity index (χ1) is 18.3. The van der Waals surface area contributed by atoms with Crippen molar-refractivity contribution in [2.75, 3.05) is 57.5 Å². The molecular formula is C26H28ClF2N7OS. The predicted octanol–water partition coefficient (Wildman–Crippen LogP) is 4.69. The SMILES string of the molecule is CN1CCCC1.COc1nc(N2CC3(CCN3)C2)c2cc(Cl)c(-c3ccc(F)c4sc(N)nc34)c(F)c2n1. The van der Waals surface area contributed by atoms with E-state index >= 15 is 4.39 Å². The van der Waals surface area contributed by atoms with Crippen molar-refractivity contribution in [3.63, 3.8) is 0 Å². The maximum Gasteiger partial charge on any atom is 0.318 e. The summed E-state index contributed by atoms with van der Waals surface area (Å²) in [6.45, 7) is 5.17. The molecule has 200 valence electrons. The van der Waals surface area contributed by atoms with Gasteiger partial charge in [0.1, 0.15) is 17.2 Å². The molecule has 0 unspecified atom stereocenters. The van der Waals surface area contributed by atoms with Crippen LogP contribution in [0.5, 0.6) is 6.01 Å². The highest BCUT2D eigenvalue weighted by Gasteiger charge is 2.48. The Kier molecular flexibility index (Phi) is 6.50. The van der Waals surface area contributed by atoms with Crippen molar-refractivity contribution in [3.05, 3.63) is 34.9 Å². The molecule has 4 aromatic rings. The predicted molar refractivity (Wildman–Crippen MR) is 148 cm³/mol. The summed E-state index contributed by atoms with van der Waals surface area (Å²) in [5.41, 5.74) is 6.67. The number of nitrogens with two attached hydrogens (primary N) is 1. The Morgan fingerprint density at radius 3 is 2.47 bits per heavy atom. The number of hydrogen-bond acceptors (Lipinski definition) is 9. The molecule has 0 atom stereocenters. The second-order valence-electron chi connectivity index (χ2n) is 10.1. The number of methoxy groups -OCH3 is 1. The molecule has 1 spiro atoms. The molecule has 38 heavy (non-hydrogen) atoms. The summed E-state index contributed by atoms with van der Waals surface area (Å²) < 4.78 is 35.7. The van der Waals surface area contributed by atoms with Gasteiger partial charge < -0.3 is 25.6 Å². The van der Waals surface area contributed by atoms with E-state index in [4.69, 9.17) is 22.1 Å². The number of nitrogens with zero attached hydrogens (tertiary/aromatic N) is 5. The van der Waals surface area contributed by atoms with Crippen LogP contribution < -0.4 is 20.7 Å². The van der Waals surface area contributed by atoms with Crippen molar-refractivity contribution in [3.8, 4) is 17.1 Å². The molecule has 0 radical (unpaired) electrons. The topological polar surface area (TPSA) is 92.4 Å². The monoisotopic (exact) mass is 559 g/mol. The molecule has 3 aliphatic rings. The van der Waals surface area contributed by atoms with Gasteiger partial charge in [0.2, 0.25) is 0 Å². The number of nitrogens with one attached hydrogen (secondary N) is 1. The zero-order chi connectivity index (χ0) is 26.6. The van der Waals surface area contributed by atoms with Crippen molar-refractivity contribution in [2.45, 2.75) is 24.8 Å². The fourth-order valence-corrected chi connectivity index (χ4v) is 6.45. The molecule has 8 nitrogen and oxygen atoms in total. The van der Waals surface area contributed by atoms with E-state index in [1.807, 2.05) is 0 Å². The lowest BCUT2D eigenvalue weighted by molar-refractivity contribution is 0.159. The van der Waals surface area contributed by atoms with Gasteiger partial charge in [-0.25, -0.2) is 13.8 Å². The molecule has 0 aliphatic carbocycles. The van der Waals surface area contributed by atoms with E-state index < -0.39 is 11.6 Å². The van der Waals surface area contributed by atoms with Crippen LogP contribution in [0.2, 0.25) is 5.02 Å². The van der Waals surface area contributed by atoms with Gasteiger partial charge in [-0.15, -0.1) is 0 Å². The molecule has 0 saturated carbocycles. The maximum absolute atomic E-state index is 16.0. The molecule has 0 amide bonds. The molecule has 3 aliphatic heterocycles. The van der Waals surface area contributed by atoms with Gasteiger partial charge in [-0.1, -0.05) is 22.9 Å². The van der Waals surface area contributed by atoms with E-state index in [0.29, 0.717) is 16.8 Å². The summed E-state index contributed by atoms with van der Waals surface area (Å²) in [5.74, 6) is -0.551. The zero-order valence-corrected chi connectivity index (χ0v) is 22.7. The molecule has 7 rings (SSSR count). The lowest BCUT2D eigenvalue weighted by Crippen LogP contribution is -2.76. The third-order valence-corrected chi connectivity index (χ3v) is 8.72. The van der Waals surface area contributed by atoms with Crippen LogP contribution in [0.4, 0.5) is 19.7 Å². The zero-order valence-electron chi connectivity index (χ0n) is 21.2. The standard InChI is InChI=1S/C21H17ClF2N6OS.C5H11N/c1-31-20-28-15-10(18(29-20)30-7-21(8-30)4-5-26-21)6-11(22)13(14(15)24)9-2-3-12(23)17-16(9)27-19(25)32-17;1-6-4-2-3-5-6/h2-3,6,26H,4-5,7-8H2,1H3,(H2,25,27);2-5H2,1H3. The van der Waals surface area contributed by atoms with Gasteiger partial charge in [0, 0.05) is 29.6 Å². The highest BCUT2D eigenvalue weighted by molar-refractivity contribution is 7.22. The minimum atomic E-state index is -0.647. The Bertz CT molecular complexity index is 1530. The van der Waals surface area contributed by atoms with Crippen molar-refractivity contribution in [1.82, 2.24) is 25.2 Å². The molecule has 0 bridgehead atoms. The second-order valence-corrected chi connectivity index (χ2v) is 11.6. The fraction of sp³-hybridized carbons (Fsp3) is 0.423. The minimum absolute atomic E-state index is 0.0596. The van der Waals surface area contributed by atoms with E-state index in [1.165, 1.54) is 45.2 Å². The smallest absolute Gasteiger partial charge is 0.318 e. The highest BCUT2D eigenvalue weighted by Crippen LogP contribution is 2.44. The average Bonchev–Trinajstić information content (AvgIpc) is 3.48. The van der Waals surface area contributed by atoms with Crippen molar-refractivity contribution in [2.24, 2.45) is 0 Å². The number of hydrogen-bond donors (Lipinski definition) is 2. The van der Waals surface area contributed by atoms with Gasteiger partial charge >= 0.3 is 6.01 Å². The van der Waals surface area contributed by atoms with E-state index in [9.17, 15) is 4.39 Å². The summed E-state index contributed by atoms with van der Waals surface area (Å²) in [6, 6.07) is 4.42. The fourth-order valence-electron chi connectivity index (χ4n) is 5.39. The third-order valence-electron chi connectivity index (χ3n) is 7.53. The molecule has 3 fully saturated rings. The molecule has 2 aromatic carbocycles. The molecule has 5 heterocycles. The van der Waals surface area contributed by atoms with Crippen LogP contribution in [0, 0.1) is 11.6 Å². The maximum atomic E-state index is 16.0. The lowest BCUT2D eigenvalue weighted by Gasteiger charge is -2.57. The number of fused-ring (bicyclic) bond motifs is 2. The number of ether oxygens (including phenoxy) is 1. The average molecular weight is 560 g/mol. The minimum Gasteiger partial charge on any atom is -0.467 e. The van der Waals surface area contributed by atoms with Gasteiger partial charge in [-0.05, 0) is 64.1 Å². The van der Waals surface area contributed by atoms with Crippen molar-refractivity contribution < 1.29 is 13.5 Å². The Morgan fingerprint density at radius 1 is 1.13 bits per heavy atom. The van der Waals surface area contributed by atoms with E-state index in [1.54, 1.807) is 6.07 Å². The number of aromatic nitrogens is 3. The lowest BCUT2D eigenvalue weighted by atomic mass is 9.80. The van der Waals surface area contributed by atoms with Gasteiger partial charge in [-0.2, -0.15) is 9.97 Å². The number of likely N-dealkylation sites (tertiary alicyclic amines) is 1. The van der Waals surface area contributed by atoms with E-state index in [-0.39, 0.29) is 43.0 Å². The highest BCUT2D eigenvalue weighted by atomic mass is 35.5. The molecule has 3 saturated heterocycles. The summed E-state index contributed by atoms with van der Waals surface area (Å²) in [7, 11) is 3.61. The number of anilines is 2. The molecular weight excluding hydrogens is 532 g/mol. The van der Waals surface area contributed by atoms with Crippen LogP contribution in [0.1, 0.15) is 19.3 Å². The Labute approximate surface area is 227 Å². The Morgan fingerprint density at radius 2 is 1.87 bits per heavy atom. The van der Waals surface area contributed by atoms with E-state index in [0.717, 1.165) is 37.4 Å². The van der Waals surface area contributed by atoms with Gasteiger partial charge in [0.25, 0.3) is 0 Å². The summed E-state index contributed by atoms with van der Waals surface area (Å²) >= 11 is 7.59. The van der Waals surface area contributed by atoms with Crippen molar-refractivity contribution >= 4 is 55.0 Å². The number of nitrogen functional groups attached to an aromatic ring is 1. The molecule has 3 N–H and O–H groups in total. The number of rotatable bonds is 3. The Balaban J connectivity index is 0.000000390. The number of thiazole rings is 1. The van der Waals surface area contributed by atoms with Crippen LogP contribution in [-0.4, -0.2) is 72.3 Å². The first kappa shape index (κ1) is 25.4. The van der Waals surface area contributed by atoms with E-state index in [2.05, 4.69) is 37.1 Å². The molecule has 12 heteroatoms. The van der Waals surface area contributed by atoms with Crippen LogP contribution in [0.3, 0.4) is 0 Å². The van der Waals surface area contributed by atoms with Gasteiger partial charge in [-0.3, -0.25) is 0 Å².